The highest BCUT2D eigenvalue weighted by Gasteiger charge is 2.14. The summed E-state index contributed by atoms with van der Waals surface area (Å²) >= 11 is 0. The predicted molar refractivity (Wildman–Crippen MR) is 72.7 cm³/mol. The maximum Gasteiger partial charge on any atom is 0.247 e. The summed E-state index contributed by atoms with van der Waals surface area (Å²) in [5.41, 5.74) is 6.60. The van der Waals surface area contributed by atoms with Crippen molar-refractivity contribution in [1.29, 1.82) is 0 Å². The summed E-state index contributed by atoms with van der Waals surface area (Å²) in [6.45, 7) is 7.64. The number of nitrogens with one attached hydrogen (secondary N) is 1. The Hall–Kier alpha value is -2.24. The Bertz CT molecular complexity index is 460. The fourth-order valence-corrected chi connectivity index (χ4v) is 1.34. The second-order valence-electron chi connectivity index (χ2n) is 3.57. The molecule has 0 saturated heterocycles. The van der Waals surface area contributed by atoms with Crippen LogP contribution in [0.25, 0.3) is 0 Å². The van der Waals surface area contributed by atoms with Crippen molar-refractivity contribution in [2.24, 2.45) is 0 Å². The first kappa shape index (κ1) is 13.8. The van der Waals surface area contributed by atoms with Crippen LogP contribution in [0.15, 0.2) is 18.7 Å². The Labute approximate surface area is 106 Å². The Morgan fingerprint density at radius 2 is 2.39 bits per heavy atom. The summed E-state index contributed by atoms with van der Waals surface area (Å²) in [6, 6.07) is 1.59. The van der Waals surface area contributed by atoms with Gasteiger partial charge in [-0.15, -0.1) is 0 Å². The van der Waals surface area contributed by atoms with Gasteiger partial charge < -0.3 is 20.7 Å². The van der Waals surface area contributed by atoms with Gasteiger partial charge in [0.25, 0.3) is 0 Å². The van der Waals surface area contributed by atoms with Crippen molar-refractivity contribution in [2.45, 2.75) is 0 Å². The lowest BCUT2D eigenvalue weighted by molar-refractivity contribution is -0.111. The zero-order valence-corrected chi connectivity index (χ0v) is 10.6. The number of pyridine rings is 1. The number of amides is 1. The number of hydrogen-bond donors (Lipinski definition) is 2. The van der Waals surface area contributed by atoms with Crippen molar-refractivity contribution in [2.75, 3.05) is 36.7 Å². The second-order valence-corrected chi connectivity index (χ2v) is 3.57. The number of methoxy groups -OCH3 is 1. The van der Waals surface area contributed by atoms with Gasteiger partial charge >= 0.3 is 0 Å². The molecule has 0 aliphatic rings. The first-order valence-corrected chi connectivity index (χ1v) is 5.31. The van der Waals surface area contributed by atoms with Gasteiger partial charge in [-0.05, 0) is 19.1 Å². The van der Waals surface area contributed by atoms with E-state index < -0.39 is 0 Å². The highest BCUT2D eigenvalue weighted by atomic mass is 16.5. The third-order valence-electron chi connectivity index (χ3n) is 2.33. The largest absolute Gasteiger partial charge is 0.479 e. The molecule has 97 valence electrons. The van der Waals surface area contributed by atoms with Crippen LogP contribution in [0.4, 0.5) is 17.2 Å². The van der Waals surface area contributed by atoms with Gasteiger partial charge in [-0.3, -0.25) is 4.79 Å². The standard InChI is InChI=1S/C12H17N4O2/c1-5-10(17)14-9-7-8(13)12(18-4)15-11(9)16(3)6-2/h5,7H,1-2,6,13H2,3-4H3,(H,14,17). The molecule has 1 aromatic heterocycles. The van der Waals surface area contributed by atoms with Crippen molar-refractivity contribution in [3.05, 3.63) is 25.6 Å². The Kier molecular flexibility index (Phi) is 4.53. The molecule has 0 bridgehead atoms. The molecular weight excluding hydrogens is 232 g/mol. The monoisotopic (exact) mass is 249 g/mol. The number of nitrogen functional groups attached to an aromatic ring is 1. The van der Waals surface area contributed by atoms with Crippen LogP contribution in [0.5, 0.6) is 5.88 Å². The lowest BCUT2D eigenvalue weighted by atomic mass is 10.3. The summed E-state index contributed by atoms with van der Waals surface area (Å²) in [4.78, 5) is 17.4. The maximum atomic E-state index is 11.3. The molecule has 0 aliphatic carbocycles. The molecule has 0 aliphatic heterocycles. The van der Waals surface area contributed by atoms with E-state index in [1.165, 1.54) is 13.2 Å². The van der Waals surface area contributed by atoms with E-state index in [4.69, 9.17) is 10.5 Å². The number of ether oxygens (including phenoxy) is 1. The molecule has 0 fully saturated rings. The van der Waals surface area contributed by atoms with E-state index in [0.717, 1.165) is 0 Å². The van der Waals surface area contributed by atoms with E-state index in [0.29, 0.717) is 29.6 Å². The molecule has 0 aromatic carbocycles. The zero-order valence-electron chi connectivity index (χ0n) is 10.6. The van der Waals surface area contributed by atoms with Gasteiger partial charge in [-0.1, -0.05) is 6.58 Å². The minimum Gasteiger partial charge on any atom is -0.479 e. The van der Waals surface area contributed by atoms with Crippen LogP contribution >= 0.6 is 0 Å². The highest BCUT2D eigenvalue weighted by molar-refractivity contribution is 6.01. The molecule has 6 heteroatoms. The van der Waals surface area contributed by atoms with Crippen molar-refractivity contribution in [3.8, 4) is 5.88 Å². The Balaban J connectivity index is 3.24. The average molecular weight is 249 g/mol. The minimum atomic E-state index is -0.333. The third kappa shape index (κ3) is 2.91. The number of nitrogens with two attached hydrogens (primary N) is 1. The molecule has 3 N–H and O–H groups in total. The molecule has 1 heterocycles. The summed E-state index contributed by atoms with van der Waals surface area (Å²) in [5.74, 6) is 0.508. The van der Waals surface area contributed by atoms with Crippen molar-refractivity contribution in [3.63, 3.8) is 0 Å². The average Bonchev–Trinajstić information content (AvgIpc) is 2.38. The predicted octanol–water partition coefficient (Wildman–Crippen LogP) is 1.07. The number of carbonyl (C=O) groups excluding carboxylic acids is 1. The van der Waals surface area contributed by atoms with Crippen LogP contribution in [0.2, 0.25) is 0 Å². The smallest absolute Gasteiger partial charge is 0.247 e. The molecular formula is C12H17N4O2. The van der Waals surface area contributed by atoms with Crippen molar-refractivity contribution < 1.29 is 9.53 Å². The highest BCUT2D eigenvalue weighted by Crippen LogP contribution is 2.30. The molecule has 18 heavy (non-hydrogen) atoms. The van der Waals surface area contributed by atoms with Crippen LogP contribution in [-0.2, 0) is 4.79 Å². The SMILES string of the molecule is [CH2]CN(C)c1nc(OC)c(N)cc1NC(=O)C=C. The van der Waals surface area contributed by atoms with Crippen LogP contribution in [-0.4, -0.2) is 31.6 Å². The van der Waals surface area contributed by atoms with Crippen molar-refractivity contribution in [1.82, 2.24) is 4.98 Å². The molecule has 0 spiro atoms. The van der Waals surface area contributed by atoms with Gasteiger partial charge in [0, 0.05) is 13.6 Å². The van der Waals surface area contributed by atoms with Gasteiger partial charge in [0.2, 0.25) is 11.8 Å². The summed E-state index contributed by atoms with van der Waals surface area (Å²) < 4.78 is 5.05. The first-order valence-electron chi connectivity index (χ1n) is 5.31. The van der Waals surface area contributed by atoms with Gasteiger partial charge in [-0.2, -0.15) is 4.98 Å². The molecule has 0 saturated carbocycles. The first-order chi connectivity index (χ1) is 8.53. The molecule has 1 rings (SSSR count). The number of anilines is 3. The Morgan fingerprint density at radius 3 is 2.89 bits per heavy atom. The fraction of sp³-hybridized carbons (Fsp3) is 0.250. The Morgan fingerprint density at radius 1 is 1.72 bits per heavy atom. The van der Waals surface area contributed by atoms with Gasteiger partial charge in [0.1, 0.15) is 0 Å². The van der Waals surface area contributed by atoms with E-state index in [9.17, 15) is 4.79 Å². The molecule has 6 nitrogen and oxygen atoms in total. The van der Waals surface area contributed by atoms with E-state index >= 15 is 0 Å². The zero-order chi connectivity index (χ0) is 13.7. The number of carbonyl (C=O) groups is 1. The molecule has 1 aromatic rings. The summed E-state index contributed by atoms with van der Waals surface area (Å²) in [5, 5.41) is 2.64. The quantitative estimate of drug-likeness (QED) is 0.763. The van der Waals surface area contributed by atoms with Gasteiger partial charge in [0.15, 0.2) is 5.82 Å². The van der Waals surface area contributed by atoms with Crippen LogP contribution in [0.1, 0.15) is 0 Å². The number of aromatic nitrogens is 1. The van der Waals surface area contributed by atoms with Crippen LogP contribution in [0, 0.1) is 6.92 Å². The van der Waals surface area contributed by atoms with E-state index in [-0.39, 0.29) is 5.91 Å². The molecule has 0 unspecified atom stereocenters. The topological polar surface area (TPSA) is 80.5 Å². The lowest BCUT2D eigenvalue weighted by Gasteiger charge is -2.20. The maximum absolute atomic E-state index is 11.3. The number of rotatable bonds is 5. The normalized spacial score (nSPS) is 9.72. The fourth-order valence-electron chi connectivity index (χ4n) is 1.34. The minimum absolute atomic E-state index is 0.307. The van der Waals surface area contributed by atoms with E-state index in [1.54, 1.807) is 18.0 Å². The molecule has 0 atom stereocenters. The molecule has 1 radical (unpaired) electrons. The third-order valence-corrected chi connectivity index (χ3v) is 2.33. The van der Waals surface area contributed by atoms with Gasteiger partial charge in [0.05, 0.1) is 18.5 Å². The second kappa shape index (κ2) is 5.90. The van der Waals surface area contributed by atoms with E-state index in [2.05, 4.69) is 23.8 Å². The van der Waals surface area contributed by atoms with Crippen molar-refractivity contribution >= 4 is 23.1 Å². The van der Waals surface area contributed by atoms with Crippen LogP contribution in [0.3, 0.4) is 0 Å². The summed E-state index contributed by atoms with van der Waals surface area (Å²) in [7, 11) is 3.28. The molecule has 1 amide bonds. The summed E-state index contributed by atoms with van der Waals surface area (Å²) in [6.07, 6.45) is 1.17. The van der Waals surface area contributed by atoms with Gasteiger partial charge in [-0.25, -0.2) is 0 Å². The van der Waals surface area contributed by atoms with E-state index in [1.807, 2.05) is 0 Å². The lowest BCUT2D eigenvalue weighted by Crippen LogP contribution is -2.21. The van der Waals surface area contributed by atoms with Crippen LogP contribution < -0.4 is 20.7 Å². The number of hydrogen-bond acceptors (Lipinski definition) is 5. The number of nitrogens with zero attached hydrogens (tertiary/aromatic N) is 2.